The summed E-state index contributed by atoms with van der Waals surface area (Å²) >= 11 is 6.14. The van der Waals surface area contributed by atoms with E-state index >= 15 is 0 Å². The molecule has 0 aliphatic carbocycles. The van der Waals surface area contributed by atoms with Crippen LogP contribution >= 0.6 is 11.6 Å². The summed E-state index contributed by atoms with van der Waals surface area (Å²) in [5.41, 5.74) is 4.23. The second kappa shape index (κ2) is 5.61. The second-order valence-electron chi connectivity index (χ2n) is 4.72. The van der Waals surface area contributed by atoms with Gasteiger partial charge in [0, 0.05) is 22.5 Å². The van der Waals surface area contributed by atoms with Crippen LogP contribution < -0.4 is 5.32 Å². The quantitative estimate of drug-likeness (QED) is 0.776. The normalized spacial score (nSPS) is 10.9. The van der Waals surface area contributed by atoms with Crippen molar-refractivity contribution in [1.29, 1.82) is 0 Å². The largest absolute Gasteiger partial charge is 0.316 e. The van der Waals surface area contributed by atoms with Crippen LogP contribution in [0.3, 0.4) is 0 Å². The van der Waals surface area contributed by atoms with Crippen molar-refractivity contribution in [1.82, 2.24) is 10.3 Å². The smallest absolute Gasteiger partial charge is 0.0713 e. The number of halogens is 1. The topological polar surface area (TPSA) is 24.9 Å². The van der Waals surface area contributed by atoms with Gasteiger partial charge in [-0.15, -0.1) is 0 Å². The number of benzene rings is 2. The molecule has 100 valence electrons. The summed E-state index contributed by atoms with van der Waals surface area (Å²) in [6.07, 6.45) is 0. The number of nitrogens with one attached hydrogen (secondary N) is 1. The van der Waals surface area contributed by atoms with E-state index in [1.165, 1.54) is 5.56 Å². The fraction of sp³-hybridized carbons (Fsp3) is 0.118. The van der Waals surface area contributed by atoms with Crippen molar-refractivity contribution < 1.29 is 0 Å². The molecule has 0 amide bonds. The molecule has 1 aromatic heterocycles. The van der Waals surface area contributed by atoms with Crippen LogP contribution in [0.25, 0.3) is 22.2 Å². The van der Waals surface area contributed by atoms with E-state index in [1.54, 1.807) is 0 Å². The summed E-state index contributed by atoms with van der Waals surface area (Å²) in [6.45, 7) is 0.793. The molecular weight excluding hydrogens is 268 g/mol. The minimum atomic E-state index is 0.731. The van der Waals surface area contributed by atoms with Gasteiger partial charge in [-0.1, -0.05) is 41.9 Å². The molecule has 3 heteroatoms. The van der Waals surface area contributed by atoms with Gasteiger partial charge in [0.2, 0.25) is 0 Å². The zero-order valence-electron chi connectivity index (χ0n) is 11.2. The van der Waals surface area contributed by atoms with Gasteiger partial charge in [-0.3, -0.25) is 0 Å². The van der Waals surface area contributed by atoms with E-state index in [0.717, 1.165) is 33.7 Å². The molecule has 2 aromatic carbocycles. The van der Waals surface area contributed by atoms with Crippen LogP contribution in [0.15, 0.2) is 54.6 Å². The Balaban J connectivity index is 2.16. The number of aromatic nitrogens is 1. The second-order valence-corrected chi connectivity index (χ2v) is 5.16. The summed E-state index contributed by atoms with van der Waals surface area (Å²) in [4.78, 5) is 4.74. The van der Waals surface area contributed by atoms with Gasteiger partial charge in [0.05, 0.1) is 11.2 Å². The lowest BCUT2D eigenvalue weighted by Gasteiger charge is -2.10. The van der Waals surface area contributed by atoms with Gasteiger partial charge in [0.1, 0.15) is 0 Å². The predicted octanol–water partition coefficient (Wildman–Crippen LogP) is 4.27. The van der Waals surface area contributed by atoms with Gasteiger partial charge in [-0.2, -0.15) is 0 Å². The Labute approximate surface area is 123 Å². The summed E-state index contributed by atoms with van der Waals surface area (Å²) in [5.74, 6) is 0. The molecule has 3 rings (SSSR count). The molecule has 0 unspecified atom stereocenters. The SMILES string of the molecule is CNCc1ccc(Cl)cc1-c1ccc2ccccc2n1. The van der Waals surface area contributed by atoms with Crippen molar-refractivity contribution in [2.75, 3.05) is 7.05 Å². The minimum Gasteiger partial charge on any atom is -0.316 e. The van der Waals surface area contributed by atoms with E-state index in [0.29, 0.717) is 0 Å². The van der Waals surface area contributed by atoms with E-state index in [9.17, 15) is 0 Å². The Hall–Kier alpha value is -1.90. The molecule has 20 heavy (non-hydrogen) atoms. The maximum atomic E-state index is 6.14. The molecule has 0 aliphatic heterocycles. The number of fused-ring (bicyclic) bond motifs is 1. The van der Waals surface area contributed by atoms with E-state index in [1.807, 2.05) is 49.5 Å². The highest BCUT2D eigenvalue weighted by molar-refractivity contribution is 6.30. The van der Waals surface area contributed by atoms with Gasteiger partial charge < -0.3 is 5.32 Å². The predicted molar refractivity (Wildman–Crippen MR) is 85.0 cm³/mol. The van der Waals surface area contributed by atoms with Crippen molar-refractivity contribution in [3.63, 3.8) is 0 Å². The van der Waals surface area contributed by atoms with Crippen molar-refractivity contribution in [3.8, 4) is 11.3 Å². The number of pyridine rings is 1. The third-order valence-corrected chi connectivity index (χ3v) is 3.55. The maximum absolute atomic E-state index is 6.14. The van der Waals surface area contributed by atoms with Crippen LogP contribution in [0.1, 0.15) is 5.56 Å². The van der Waals surface area contributed by atoms with Gasteiger partial charge >= 0.3 is 0 Å². The molecule has 0 spiro atoms. The van der Waals surface area contributed by atoms with Crippen LogP contribution in [-0.2, 0) is 6.54 Å². The van der Waals surface area contributed by atoms with E-state index < -0.39 is 0 Å². The van der Waals surface area contributed by atoms with Crippen LogP contribution in [-0.4, -0.2) is 12.0 Å². The summed E-state index contributed by atoms with van der Waals surface area (Å²) < 4.78 is 0. The Morgan fingerprint density at radius 2 is 1.90 bits per heavy atom. The van der Waals surface area contributed by atoms with Gasteiger partial charge in [-0.05, 0) is 36.9 Å². The highest BCUT2D eigenvalue weighted by atomic mass is 35.5. The Kier molecular flexibility index (Phi) is 3.68. The van der Waals surface area contributed by atoms with E-state index in [-0.39, 0.29) is 0 Å². The Morgan fingerprint density at radius 1 is 1.05 bits per heavy atom. The molecule has 0 radical (unpaired) electrons. The maximum Gasteiger partial charge on any atom is 0.0713 e. The first kappa shape index (κ1) is 13.1. The van der Waals surface area contributed by atoms with E-state index in [4.69, 9.17) is 16.6 Å². The average molecular weight is 283 g/mol. The van der Waals surface area contributed by atoms with Crippen molar-refractivity contribution in [3.05, 3.63) is 65.2 Å². The van der Waals surface area contributed by atoms with Crippen molar-refractivity contribution in [2.24, 2.45) is 0 Å². The molecule has 1 heterocycles. The Bertz CT molecular complexity index is 753. The zero-order chi connectivity index (χ0) is 13.9. The lowest BCUT2D eigenvalue weighted by molar-refractivity contribution is 0.819. The number of rotatable bonds is 3. The van der Waals surface area contributed by atoms with Gasteiger partial charge in [-0.25, -0.2) is 4.98 Å². The van der Waals surface area contributed by atoms with Gasteiger partial charge in [0.15, 0.2) is 0 Å². The molecule has 0 saturated carbocycles. The number of para-hydroxylation sites is 1. The lowest BCUT2D eigenvalue weighted by Crippen LogP contribution is -2.06. The van der Waals surface area contributed by atoms with Crippen molar-refractivity contribution in [2.45, 2.75) is 6.54 Å². The highest BCUT2D eigenvalue weighted by Gasteiger charge is 2.07. The standard InChI is InChI=1S/C17H15ClN2/c1-19-11-13-6-8-14(18)10-15(13)17-9-7-12-4-2-3-5-16(12)20-17/h2-10,19H,11H2,1H3. The molecule has 0 bridgehead atoms. The molecular formula is C17H15ClN2. The number of hydrogen-bond donors (Lipinski definition) is 1. The summed E-state index contributed by atoms with van der Waals surface area (Å²) in [5, 5.41) is 5.06. The minimum absolute atomic E-state index is 0.731. The monoisotopic (exact) mass is 282 g/mol. The number of hydrogen-bond acceptors (Lipinski definition) is 2. The first-order chi connectivity index (χ1) is 9.78. The third-order valence-electron chi connectivity index (χ3n) is 3.31. The average Bonchev–Trinajstić information content (AvgIpc) is 2.49. The van der Waals surface area contributed by atoms with Crippen LogP contribution in [0, 0.1) is 0 Å². The Morgan fingerprint density at radius 3 is 2.75 bits per heavy atom. The van der Waals surface area contributed by atoms with Crippen LogP contribution in [0.2, 0.25) is 5.02 Å². The molecule has 0 atom stereocenters. The molecule has 2 nitrogen and oxygen atoms in total. The third kappa shape index (κ3) is 2.53. The molecule has 0 saturated heterocycles. The number of nitrogens with zero attached hydrogens (tertiary/aromatic N) is 1. The first-order valence-corrected chi connectivity index (χ1v) is 6.95. The van der Waals surface area contributed by atoms with Crippen molar-refractivity contribution >= 4 is 22.5 Å². The van der Waals surface area contributed by atoms with E-state index in [2.05, 4.69) is 17.4 Å². The fourth-order valence-electron chi connectivity index (χ4n) is 2.35. The zero-order valence-corrected chi connectivity index (χ0v) is 12.0. The fourth-order valence-corrected chi connectivity index (χ4v) is 2.52. The molecule has 1 N–H and O–H groups in total. The highest BCUT2D eigenvalue weighted by Crippen LogP contribution is 2.27. The summed E-state index contributed by atoms with van der Waals surface area (Å²) in [7, 11) is 1.94. The van der Waals surface area contributed by atoms with Crippen LogP contribution in [0.4, 0.5) is 0 Å². The molecule has 3 aromatic rings. The summed E-state index contributed by atoms with van der Waals surface area (Å²) in [6, 6.07) is 18.2. The molecule has 0 fully saturated rings. The van der Waals surface area contributed by atoms with Crippen LogP contribution in [0.5, 0.6) is 0 Å². The van der Waals surface area contributed by atoms with Gasteiger partial charge in [0.25, 0.3) is 0 Å². The lowest BCUT2D eigenvalue weighted by atomic mass is 10.0. The first-order valence-electron chi connectivity index (χ1n) is 6.57. The molecule has 0 aliphatic rings.